The smallest absolute Gasteiger partial charge is 0.222 e. The zero-order chi connectivity index (χ0) is 20.1. The van der Waals surface area contributed by atoms with Gasteiger partial charge in [-0.2, -0.15) is 0 Å². The van der Waals surface area contributed by atoms with E-state index in [0.29, 0.717) is 24.2 Å². The summed E-state index contributed by atoms with van der Waals surface area (Å²) in [5, 5.41) is 6.20. The van der Waals surface area contributed by atoms with Crippen LogP contribution in [0.3, 0.4) is 0 Å². The van der Waals surface area contributed by atoms with Crippen LogP contribution in [-0.2, 0) is 9.59 Å². The Balaban J connectivity index is 0.00000300. The third kappa shape index (κ3) is 6.09. The highest BCUT2D eigenvalue weighted by Crippen LogP contribution is 2.40. The molecule has 0 radical (unpaired) electrons. The number of ether oxygens (including phenoxy) is 1. The highest BCUT2D eigenvalue weighted by molar-refractivity contribution is 5.85. The van der Waals surface area contributed by atoms with Crippen LogP contribution >= 0.6 is 12.4 Å². The number of hydrogen-bond acceptors (Lipinski definition) is 4. The van der Waals surface area contributed by atoms with Crippen LogP contribution in [0.5, 0.6) is 5.75 Å². The van der Waals surface area contributed by atoms with Crippen LogP contribution in [0.1, 0.15) is 64.0 Å². The van der Waals surface area contributed by atoms with Gasteiger partial charge in [-0.1, -0.05) is 24.6 Å². The van der Waals surface area contributed by atoms with Gasteiger partial charge in [0.05, 0.1) is 19.1 Å². The molecule has 2 bridgehead atoms. The number of carbonyl (C=O) groups is 2. The minimum absolute atomic E-state index is 0. The lowest BCUT2D eigenvalue weighted by molar-refractivity contribution is -0.124. The molecular weight excluding hydrogens is 390 g/mol. The van der Waals surface area contributed by atoms with Crippen LogP contribution in [0.2, 0.25) is 0 Å². The standard InChI is InChI=1S/C22H33N3O3.ClH/c1-3-28-20-10-5-4-9-18(20)19(24-14(2)26)13-21(27)25-22-15-7-6-8-16(22)12-17(23)11-15;/h4-5,9-10,15-17,19,22H,3,6-8,11-13,23H2,1-2H3,(H,24,26)(H,25,27);1H. The first-order valence-corrected chi connectivity index (χ1v) is 10.5. The molecule has 2 aliphatic carbocycles. The average Bonchev–Trinajstić information content (AvgIpc) is 2.62. The van der Waals surface area contributed by atoms with Crippen LogP contribution < -0.4 is 21.1 Å². The lowest BCUT2D eigenvalue weighted by Crippen LogP contribution is -2.54. The maximum atomic E-state index is 12.9. The quantitative estimate of drug-likeness (QED) is 0.628. The molecule has 0 spiro atoms. The van der Waals surface area contributed by atoms with Crippen molar-refractivity contribution in [2.45, 2.75) is 70.5 Å². The highest BCUT2D eigenvalue weighted by Gasteiger charge is 2.40. The van der Waals surface area contributed by atoms with Crippen molar-refractivity contribution in [1.29, 1.82) is 0 Å². The van der Waals surface area contributed by atoms with Crippen molar-refractivity contribution in [3.63, 3.8) is 0 Å². The molecule has 1 aromatic rings. The van der Waals surface area contributed by atoms with E-state index in [9.17, 15) is 9.59 Å². The molecule has 6 nitrogen and oxygen atoms in total. The summed E-state index contributed by atoms with van der Waals surface area (Å²) >= 11 is 0. The largest absolute Gasteiger partial charge is 0.494 e. The molecule has 0 heterocycles. The predicted octanol–water partition coefficient (Wildman–Crippen LogP) is 3.10. The van der Waals surface area contributed by atoms with Gasteiger partial charge in [0.1, 0.15) is 5.75 Å². The molecule has 162 valence electrons. The molecule has 0 aromatic heterocycles. The average molecular weight is 424 g/mol. The summed E-state index contributed by atoms with van der Waals surface area (Å²) in [6.07, 6.45) is 5.68. The molecule has 0 aliphatic heterocycles. The second-order valence-corrected chi connectivity index (χ2v) is 8.20. The Morgan fingerprint density at radius 3 is 2.48 bits per heavy atom. The molecule has 2 aliphatic rings. The predicted molar refractivity (Wildman–Crippen MR) is 116 cm³/mol. The van der Waals surface area contributed by atoms with E-state index in [2.05, 4.69) is 10.6 Å². The summed E-state index contributed by atoms with van der Waals surface area (Å²) in [6.45, 7) is 3.92. The summed E-state index contributed by atoms with van der Waals surface area (Å²) in [6, 6.07) is 7.63. The van der Waals surface area contributed by atoms with E-state index in [1.54, 1.807) is 0 Å². The molecule has 29 heavy (non-hydrogen) atoms. The van der Waals surface area contributed by atoms with Gasteiger partial charge < -0.3 is 21.1 Å². The van der Waals surface area contributed by atoms with E-state index < -0.39 is 6.04 Å². The molecule has 0 saturated heterocycles. The van der Waals surface area contributed by atoms with Crippen molar-refractivity contribution >= 4 is 24.2 Å². The topological polar surface area (TPSA) is 93.4 Å². The van der Waals surface area contributed by atoms with Crippen molar-refractivity contribution in [2.24, 2.45) is 17.6 Å². The number of benzene rings is 1. The van der Waals surface area contributed by atoms with Gasteiger partial charge in [-0.25, -0.2) is 0 Å². The summed E-state index contributed by atoms with van der Waals surface area (Å²) in [4.78, 5) is 24.7. The number of para-hydroxylation sites is 1. The Morgan fingerprint density at radius 2 is 1.86 bits per heavy atom. The van der Waals surface area contributed by atoms with E-state index in [-0.39, 0.29) is 42.7 Å². The van der Waals surface area contributed by atoms with Crippen LogP contribution in [0.4, 0.5) is 0 Å². The van der Waals surface area contributed by atoms with Gasteiger partial charge in [0, 0.05) is 24.6 Å². The van der Waals surface area contributed by atoms with E-state index in [4.69, 9.17) is 10.5 Å². The zero-order valence-electron chi connectivity index (χ0n) is 17.4. The minimum atomic E-state index is -0.411. The van der Waals surface area contributed by atoms with Crippen LogP contribution in [0.15, 0.2) is 24.3 Å². The van der Waals surface area contributed by atoms with Crippen LogP contribution in [0.25, 0.3) is 0 Å². The Hall–Kier alpha value is -1.79. The lowest BCUT2D eigenvalue weighted by atomic mass is 9.67. The number of amides is 2. The number of nitrogens with two attached hydrogens (primary N) is 1. The van der Waals surface area contributed by atoms with Crippen molar-refractivity contribution in [3.05, 3.63) is 29.8 Å². The Labute approximate surface area is 179 Å². The van der Waals surface area contributed by atoms with Gasteiger partial charge in [-0.05, 0) is 50.5 Å². The normalized spacial score (nSPS) is 26.6. The second-order valence-electron chi connectivity index (χ2n) is 8.20. The lowest BCUT2D eigenvalue weighted by Gasteiger charge is -2.45. The highest BCUT2D eigenvalue weighted by atomic mass is 35.5. The SMILES string of the molecule is CCOc1ccccc1C(CC(=O)NC1C2CCCC1CC(N)C2)NC(C)=O.Cl. The van der Waals surface area contributed by atoms with Crippen LogP contribution in [-0.4, -0.2) is 30.5 Å². The van der Waals surface area contributed by atoms with Gasteiger partial charge in [0.2, 0.25) is 11.8 Å². The zero-order valence-corrected chi connectivity index (χ0v) is 18.2. The molecule has 3 atom stereocenters. The summed E-state index contributed by atoms with van der Waals surface area (Å²) in [7, 11) is 0. The van der Waals surface area contributed by atoms with Crippen LogP contribution in [0, 0.1) is 11.8 Å². The molecule has 4 N–H and O–H groups in total. The van der Waals surface area contributed by atoms with Gasteiger partial charge in [0.25, 0.3) is 0 Å². The Morgan fingerprint density at radius 1 is 1.21 bits per heavy atom. The monoisotopic (exact) mass is 423 g/mol. The molecule has 2 fully saturated rings. The van der Waals surface area contributed by atoms with Gasteiger partial charge in [0.15, 0.2) is 0 Å². The Bertz CT molecular complexity index is 686. The first-order valence-electron chi connectivity index (χ1n) is 10.5. The van der Waals surface area contributed by atoms with Crippen molar-refractivity contribution in [2.75, 3.05) is 6.61 Å². The molecule has 1 aromatic carbocycles. The number of hydrogen-bond donors (Lipinski definition) is 3. The van der Waals surface area contributed by atoms with E-state index in [1.807, 2.05) is 31.2 Å². The summed E-state index contributed by atoms with van der Waals surface area (Å²) in [5.74, 6) is 1.46. The number of rotatable bonds is 7. The Kier molecular flexibility index (Phi) is 8.78. The van der Waals surface area contributed by atoms with Gasteiger partial charge in [-0.3, -0.25) is 9.59 Å². The fourth-order valence-electron chi connectivity index (χ4n) is 4.99. The maximum Gasteiger partial charge on any atom is 0.222 e. The molecule has 3 unspecified atom stereocenters. The summed E-state index contributed by atoms with van der Waals surface area (Å²) < 4.78 is 5.71. The van der Waals surface area contributed by atoms with E-state index >= 15 is 0 Å². The van der Waals surface area contributed by atoms with Gasteiger partial charge in [-0.15, -0.1) is 12.4 Å². The first-order chi connectivity index (χ1) is 13.5. The molecule has 2 amide bonds. The van der Waals surface area contributed by atoms with E-state index in [1.165, 1.54) is 13.3 Å². The number of fused-ring (bicyclic) bond motifs is 2. The van der Waals surface area contributed by atoms with E-state index in [0.717, 1.165) is 31.2 Å². The molecule has 3 rings (SSSR count). The van der Waals surface area contributed by atoms with Crippen molar-refractivity contribution in [1.82, 2.24) is 10.6 Å². The van der Waals surface area contributed by atoms with Gasteiger partial charge >= 0.3 is 0 Å². The number of nitrogens with one attached hydrogen (secondary N) is 2. The molecular formula is C22H34ClN3O3. The fraction of sp³-hybridized carbons (Fsp3) is 0.636. The van der Waals surface area contributed by atoms with Crippen molar-refractivity contribution < 1.29 is 14.3 Å². The minimum Gasteiger partial charge on any atom is -0.494 e. The fourth-order valence-corrected chi connectivity index (χ4v) is 4.99. The number of carbonyl (C=O) groups excluding carboxylic acids is 2. The maximum absolute atomic E-state index is 12.9. The number of halogens is 1. The molecule has 7 heteroatoms. The third-order valence-corrected chi connectivity index (χ3v) is 6.07. The molecule has 2 saturated carbocycles. The third-order valence-electron chi connectivity index (χ3n) is 6.07. The summed E-state index contributed by atoms with van der Waals surface area (Å²) in [5.41, 5.74) is 7.03. The van der Waals surface area contributed by atoms with Crippen molar-refractivity contribution in [3.8, 4) is 5.75 Å². The first kappa shape index (κ1) is 23.5. The second kappa shape index (κ2) is 10.8.